The number of allylic oxidation sites excluding steroid dienone is 6. The molecule has 7 heterocycles. The number of imidazole rings is 1. The number of aromatic nitrogens is 2. The molecule has 2 fully saturated rings. The van der Waals surface area contributed by atoms with E-state index in [9.17, 15) is 52.9 Å². The fraction of sp³-hybridized carbons (Fsp3) is 0.615. The number of hydrogen-bond acceptors (Lipinski definition) is 20. The molecule has 0 saturated carbocycles. The number of aliphatic imine (C=N–C) groups is 3. The van der Waals surface area contributed by atoms with Crippen LogP contribution in [-0.4, -0.2) is 128 Å². The van der Waals surface area contributed by atoms with E-state index in [2.05, 4.69) is 10.3 Å². The number of ether oxygens (including phenoxy) is 2. The van der Waals surface area contributed by atoms with Gasteiger partial charge >= 0.3 is 22.7 Å². The molecule has 0 aliphatic carbocycles. The molecule has 0 spiro atoms. The number of nitrogens with two attached hydrogens (primary N) is 6. The monoisotopic (exact) mass is 1400 g/mol. The zero-order valence-corrected chi connectivity index (χ0v) is 58.2. The summed E-state index contributed by atoms with van der Waals surface area (Å²) in [5, 5.41) is 26.3. The number of amides is 7. The van der Waals surface area contributed by atoms with E-state index in [0.717, 1.165) is 18.1 Å². The first-order chi connectivity index (χ1) is 44.2. The maximum atomic E-state index is 14.4. The number of aryl methyl sites for hydroxylation is 2. The van der Waals surface area contributed by atoms with E-state index in [0.29, 0.717) is 56.4 Å². The summed E-state index contributed by atoms with van der Waals surface area (Å²) in [6.07, 6.45) is -5.02. The molecule has 29 nitrogen and oxygen atoms in total. The number of primary amides is 6. The van der Waals surface area contributed by atoms with Crippen molar-refractivity contribution in [3.8, 4) is 0 Å². The number of hydrogen-bond donors (Lipinski definition) is 8. The van der Waals surface area contributed by atoms with Gasteiger partial charge in [-0.2, -0.15) is 5.70 Å². The third-order valence-corrected chi connectivity index (χ3v) is 21.9. The minimum Gasteiger partial charge on any atom is -0.756 e. The number of aliphatic hydroxyl groups is 1. The van der Waals surface area contributed by atoms with Crippen LogP contribution < -0.4 is 44.6 Å². The molecule has 525 valence electrons. The van der Waals surface area contributed by atoms with E-state index in [1.165, 1.54) is 17.8 Å². The largest absolute Gasteiger partial charge is 2.00 e. The summed E-state index contributed by atoms with van der Waals surface area (Å²) in [5.74, 6) is -8.18. The van der Waals surface area contributed by atoms with Crippen LogP contribution in [0.3, 0.4) is 0 Å². The van der Waals surface area contributed by atoms with Gasteiger partial charge in [0.25, 0.3) is 7.82 Å². The number of esters is 1. The first-order valence-corrected chi connectivity index (χ1v) is 33.1. The van der Waals surface area contributed by atoms with E-state index >= 15 is 0 Å². The van der Waals surface area contributed by atoms with Gasteiger partial charge in [-0.25, -0.2) is 4.98 Å². The summed E-state index contributed by atoms with van der Waals surface area (Å²) in [4.78, 5) is 140. The zero-order chi connectivity index (χ0) is 71.0. The number of nitrogens with zero attached hydrogens (tertiary/aromatic N) is 7. The molecular weight excluding hydrogens is 1310 g/mol. The third kappa shape index (κ3) is 15.4. The van der Waals surface area contributed by atoms with Gasteiger partial charge in [-0.3, -0.25) is 57.9 Å². The molecule has 11 unspecified atom stereocenters. The van der Waals surface area contributed by atoms with E-state index in [4.69, 9.17) is 85.1 Å². The predicted octanol–water partition coefficient (Wildman–Crippen LogP) is 3.98. The molecule has 2 saturated heterocycles. The van der Waals surface area contributed by atoms with Crippen LogP contribution in [0.1, 0.15) is 157 Å². The number of carbonyl (C=O) groups is 8. The van der Waals surface area contributed by atoms with Crippen LogP contribution in [-0.2, 0) is 78.2 Å². The van der Waals surface area contributed by atoms with Crippen LogP contribution in [0.2, 0.25) is 0 Å². The van der Waals surface area contributed by atoms with Crippen molar-refractivity contribution in [3.05, 3.63) is 75.8 Å². The summed E-state index contributed by atoms with van der Waals surface area (Å²) >= 11 is 0. The molecule has 6 aliphatic heterocycles. The molecule has 2 aromatic rings. The van der Waals surface area contributed by atoms with Crippen LogP contribution >= 0.6 is 7.82 Å². The van der Waals surface area contributed by atoms with Crippen molar-refractivity contribution in [2.75, 3.05) is 13.2 Å². The molecular formula is C65H90CoN14O15P-. The SMILES string of the molecule is CC(=O)OC[C@H]1O[C@H](n2cnc3cc(C)c(C)cc32)[C@H](O)[C@@H]1OP(=O)([O-])OC(C)CNC(=O)CCC1(C)/C2=C(\C)C3=N/C(=C\C4=NC(=C(/C)C5=NC(C)(C([N-]2)C1CC(N)=O)C(C)(CC(N)=O)C5CCC(N)=O)/C(C)(CC(N)=O)C4CCC(N)=O)C(C)(C)C3CCC(N)=O.[C-]#N.[Co+2]. The van der Waals surface area contributed by atoms with Crippen molar-refractivity contribution in [1.82, 2.24) is 14.9 Å². The Morgan fingerprint density at radius 1 is 0.802 bits per heavy atom. The second-order valence-electron chi connectivity index (χ2n) is 27.6. The van der Waals surface area contributed by atoms with E-state index in [1.807, 2.05) is 73.6 Å². The molecule has 8 rings (SSSR count). The second kappa shape index (κ2) is 29.7. The van der Waals surface area contributed by atoms with Crippen LogP contribution in [0, 0.1) is 71.0 Å². The number of fused-ring (bicyclic) bond motifs is 7. The van der Waals surface area contributed by atoms with Gasteiger partial charge in [0.15, 0.2) is 6.23 Å². The Balaban J connectivity index is 0.00000481. The number of phosphoric ester groups is 1. The van der Waals surface area contributed by atoms with Gasteiger partial charge in [-0.15, -0.1) is 0 Å². The minimum atomic E-state index is -5.38. The predicted molar refractivity (Wildman–Crippen MR) is 346 cm³/mol. The van der Waals surface area contributed by atoms with Crippen molar-refractivity contribution in [2.45, 2.75) is 196 Å². The van der Waals surface area contributed by atoms with Gasteiger partial charge < -0.3 is 90.0 Å². The molecule has 1 radical (unpaired) electrons. The molecule has 15 atom stereocenters. The van der Waals surface area contributed by atoms with E-state index < -0.39 is 149 Å². The normalized spacial score (nSPS) is 32.4. The Labute approximate surface area is 568 Å². The summed E-state index contributed by atoms with van der Waals surface area (Å²) in [6, 6.07) is 2.63. The maximum Gasteiger partial charge on any atom is 2.00 e. The summed E-state index contributed by atoms with van der Waals surface area (Å²) in [7, 11) is -5.38. The molecule has 8 bridgehead atoms. The van der Waals surface area contributed by atoms with Crippen molar-refractivity contribution >= 4 is 83.3 Å². The Bertz CT molecular complexity index is 3730. The average Bonchev–Trinajstić information content (AvgIpc) is 1.53. The van der Waals surface area contributed by atoms with Gasteiger partial charge in [0.05, 0.1) is 34.7 Å². The number of aliphatic hydroxyl groups excluding tert-OH is 1. The van der Waals surface area contributed by atoms with Crippen molar-refractivity contribution in [3.63, 3.8) is 0 Å². The summed E-state index contributed by atoms with van der Waals surface area (Å²) < 4.78 is 37.6. The van der Waals surface area contributed by atoms with E-state index in [-0.39, 0.29) is 94.0 Å². The van der Waals surface area contributed by atoms with Gasteiger partial charge in [0, 0.05) is 115 Å². The quantitative estimate of drug-likeness (QED) is 0.0356. The standard InChI is InChI=1S/C64H92N13O15P.CN.Co/c1-30-21-41-42(22-31(30)2)77(29-72-41)59-54(86)55(43(90-59)28-89-35(6)78)92-93(87,88)91-32(3)27-71-51(85)19-20-61(9)39(23-48(68)82)58-64(12)63(11,26-50(70)84)38(15-18-47(67)81)53(76-64)34(5)57-62(10,25-49(69)83)36(13-16-45(65)79)40(73-57)24-44-60(7,8)37(14-17-46(66)80)52(74-44)33(4)56(61)75-58;1-2;/h21-22,24,29,32,36-39,43,54-55,58-59,86H,13-20,23,25-28H2,1-12H3,(H15,65,66,67,68,69,70,71,73,74,75,76,79,80,81,82,83,84,85,87,88);;/q;-1;+2/p-2/t32?,36?,37?,38?,39?,43-,54-,55-,58?,59+,61?,62?,63?,64?;;/m1../s1. The van der Waals surface area contributed by atoms with E-state index in [1.54, 1.807) is 13.8 Å². The van der Waals surface area contributed by atoms with Crippen molar-refractivity contribution in [1.29, 1.82) is 5.26 Å². The Kier molecular flexibility index (Phi) is 24.0. The van der Waals surface area contributed by atoms with Crippen molar-refractivity contribution < 1.29 is 88.2 Å². The molecule has 7 amide bonds. The average molecular weight is 1400 g/mol. The Morgan fingerprint density at radius 3 is 1.96 bits per heavy atom. The summed E-state index contributed by atoms with van der Waals surface area (Å²) in [5.41, 5.74) is 36.5. The van der Waals surface area contributed by atoms with Crippen LogP contribution in [0.25, 0.3) is 16.4 Å². The maximum absolute atomic E-state index is 14.4. The number of rotatable bonds is 27. The smallest absolute Gasteiger partial charge is 0.756 e. The number of carbonyl (C=O) groups excluding carboxylic acids is 8. The molecule has 96 heavy (non-hydrogen) atoms. The first-order valence-electron chi connectivity index (χ1n) is 31.6. The van der Waals surface area contributed by atoms with Gasteiger partial charge in [0.1, 0.15) is 24.9 Å². The second-order valence-corrected chi connectivity index (χ2v) is 28.9. The topological polar surface area (TPSA) is 495 Å². The molecule has 1 aromatic carbocycles. The van der Waals surface area contributed by atoms with Gasteiger partial charge in [-0.05, 0) is 119 Å². The summed E-state index contributed by atoms with van der Waals surface area (Å²) in [6.45, 7) is 25.0. The van der Waals surface area contributed by atoms with Crippen LogP contribution in [0.5, 0.6) is 0 Å². The molecule has 31 heteroatoms. The Hall–Kier alpha value is -7.49. The van der Waals surface area contributed by atoms with Crippen LogP contribution in [0.4, 0.5) is 0 Å². The minimum absolute atomic E-state index is 0. The number of benzene rings is 1. The molecule has 14 N–H and O–H groups in total. The fourth-order valence-corrected chi connectivity index (χ4v) is 16.6. The molecule has 6 aliphatic rings. The Morgan fingerprint density at radius 2 is 1.39 bits per heavy atom. The number of phosphoric acid groups is 1. The van der Waals surface area contributed by atoms with Gasteiger partial charge in [0.2, 0.25) is 41.4 Å². The zero-order valence-electron chi connectivity index (χ0n) is 56.3. The first kappa shape index (κ1) is 77.5. The van der Waals surface area contributed by atoms with Gasteiger partial charge in [-0.1, -0.05) is 40.7 Å². The molecule has 1 aromatic heterocycles. The van der Waals surface area contributed by atoms with Crippen LogP contribution in [0.15, 0.2) is 67.8 Å². The number of nitrogens with one attached hydrogen (secondary N) is 1. The fourth-order valence-electron chi connectivity index (χ4n) is 15.5. The third-order valence-electron chi connectivity index (χ3n) is 20.8. The van der Waals surface area contributed by atoms with Crippen molar-refractivity contribution in [2.24, 2.45) is 94.7 Å².